The number of carbonyl (C=O) groups excluding carboxylic acids is 1. The molecule has 0 bridgehead atoms. The number of rotatable bonds is 5. The fourth-order valence-electron chi connectivity index (χ4n) is 2.27. The molecule has 1 aromatic heterocycles. The van der Waals surface area contributed by atoms with E-state index in [0.717, 1.165) is 32.1 Å². The van der Waals surface area contributed by atoms with Crippen molar-refractivity contribution in [1.82, 2.24) is 4.98 Å². The Bertz CT molecular complexity index is 837. The molecular formula is C18H15NO2S2. The summed E-state index contributed by atoms with van der Waals surface area (Å²) in [5, 5.41) is 0.848. The van der Waals surface area contributed by atoms with E-state index < -0.39 is 5.97 Å². The van der Waals surface area contributed by atoms with Crippen LogP contribution in [0, 0.1) is 0 Å². The summed E-state index contributed by atoms with van der Waals surface area (Å²) in [7, 11) is 0. The van der Waals surface area contributed by atoms with Gasteiger partial charge in [-0.05, 0) is 24.5 Å². The SMILES string of the molecule is C=CC(=O)Oc1c(CSC)cccc1-c1nc2ccccc2s1. The fourth-order valence-corrected chi connectivity index (χ4v) is 3.80. The largest absolute Gasteiger partial charge is 0.422 e. The zero-order chi connectivity index (χ0) is 16.2. The lowest BCUT2D eigenvalue weighted by Gasteiger charge is -2.12. The molecular weight excluding hydrogens is 326 g/mol. The Balaban J connectivity index is 2.14. The number of benzene rings is 2. The summed E-state index contributed by atoms with van der Waals surface area (Å²) < 4.78 is 6.64. The van der Waals surface area contributed by atoms with Crippen LogP contribution in [0.15, 0.2) is 55.1 Å². The highest BCUT2D eigenvalue weighted by Crippen LogP contribution is 2.38. The lowest BCUT2D eigenvalue weighted by Crippen LogP contribution is -2.06. The van der Waals surface area contributed by atoms with E-state index in [-0.39, 0.29) is 0 Å². The standard InChI is InChI=1S/C18H15NO2S2/c1-3-16(20)21-17-12(11-22-2)7-6-8-13(17)18-19-14-9-4-5-10-15(14)23-18/h3-10H,1,11H2,2H3. The number of thiazole rings is 1. The molecule has 1 heterocycles. The Hall–Kier alpha value is -2.11. The molecule has 3 nitrogen and oxygen atoms in total. The minimum absolute atomic E-state index is 0.457. The number of hydrogen-bond donors (Lipinski definition) is 0. The number of thioether (sulfide) groups is 1. The fraction of sp³-hybridized carbons (Fsp3) is 0.111. The first-order chi connectivity index (χ1) is 11.2. The van der Waals surface area contributed by atoms with E-state index in [4.69, 9.17) is 4.74 Å². The number of carbonyl (C=O) groups is 1. The van der Waals surface area contributed by atoms with Gasteiger partial charge in [-0.25, -0.2) is 9.78 Å². The summed E-state index contributed by atoms with van der Waals surface area (Å²) in [4.78, 5) is 16.4. The third-order valence-electron chi connectivity index (χ3n) is 3.29. The summed E-state index contributed by atoms with van der Waals surface area (Å²) in [5.74, 6) is 0.880. The van der Waals surface area contributed by atoms with E-state index >= 15 is 0 Å². The Morgan fingerprint density at radius 2 is 2.13 bits per heavy atom. The van der Waals surface area contributed by atoms with E-state index in [1.165, 1.54) is 6.08 Å². The van der Waals surface area contributed by atoms with E-state index in [1.807, 2.05) is 48.7 Å². The molecule has 3 aromatic rings. The third-order valence-corrected chi connectivity index (χ3v) is 4.96. The highest BCUT2D eigenvalue weighted by Gasteiger charge is 2.17. The van der Waals surface area contributed by atoms with Crippen molar-refractivity contribution in [3.63, 3.8) is 0 Å². The van der Waals surface area contributed by atoms with Crippen molar-refractivity contribution in [2.45, 2.75) is 5.75 Å². The molecule has 0 N–H and O–H groups in total. The first-order valence-electron chi connectivity index (χ1n) is 7.04. The van der Waals surface area contributed by atoms with Crippen molar-refractivity contribution in [1.29, 1.82) is 0 Å². The summed E-state index contributed by atoms with van der Waals surface area (Å²) in [6.45, 7) is 3.48. The quantitative estimate of drug-likeness (QED) is 0.375. The highest BCUT2D eigenvalue weighted by atomic mass is 32.2. The van der Waals surface area contributed by atoms with Crippen LogP contribution in [0.2, 0.25) is 0 Å². The number of ether oxygens (including phenoxy) is 1. The predicted molar refractivity (Wildman–Crippen MR) is 98.1 cm³/mol. The monoisotopic (exact) mass is 341 g/mol. The van der Waals surface area contributed by atoms with Crippen LogP contribution in [0.25, 0.3) is 20.8 Å². The van der Waals surface area contributed by atoms with Gasteiger partial charge in [-0.3, -0.25) is 0 Å². The van der Waals surface area contributed by atoms with Crippen LogP contribution in [0.5, 0.6) is 5.75 Å². The summed E-state index contributed by atoms with van der Waals surface area (Å²) in [5.41, 5.74) is 2.76. The number of esters is 1. The number of aromatic nitrogens is 1. The first kappa shape index (κ1) is 15.8. The van der Waals surface area contributed by atoms with Gasteiger partial charge in [0.05, 0.1) is 15.8 Å². The van der Waals surface area contributed by atoms with Gasteiger partial charge >= 0.3 is 5.97 Å². The van der Waals surface area contributed by atoms with E-state index in [1.54, 1.807) is 23.1 Å². The van der Waals surface area contributed by atoms with Gasteiger partial charge in [0.25, 0.3) is 0 Å². The number of hydrogen-bond acceptors (Lipinski definition) is 5. The second kappa shape index (κ2) is 6.98. The Kier molecular flexibility index (Phi) is 4.79. The minimum atomic E-state index is -0.457. The molecule has 0 fully saturated rings. The van der Waals surface area contributed by atoms with Gasteiger partial charge in [0.1, 0.15) is 10.8 Å². The zero-order valence-electron chi connectivity index (χ0n) is 12.6. The van der Waals surface area contributed by atoms with Gasteiger partial charge in [-0.2, -0.15) is 11.8 Å². The number of fused-ring (bicyclic) bond motifs is 1. The van der Waals surface area contributed by atoms with Crippen LogP contribution in [0.3, 0.4) is 0 Å². The van der Waals surface area contributed by atoms with Crippen LogP contribution >= 0.6 is 23.1 Å². The second-order valence-electron chi connectivity index (χ2n) is 4.84. The lowest BCUT2D eigenvalue weighted by atomic mass is 10.1. The van der Waals surface area contributed by atoms with Crippen LogP contribution < -0.4 is 4.74 Å². The minimum Gasteiger partial charge on any atom is -0.422 e. The van der Waals surface area contributed by atoms with Gasteiger partial charge < -0.3 is 4.74 Å². The van der Waals surface area contributed by atoms with Gasteiger partial charge in [-0.1, -0.05) is 30.8 Å². The topological polar surface area (TPSA) is 39.2 Å². The average molecular weight is 341 g/mol. The number of nitrogens with zero attached hydrogens (tertiary/aromatic N) is 1. The molecule has 5 heteroatoms. The molecule has 3 rings (SSSR count). The van der Waals surface area contributed by atoms with Crippen LogP contribution in [0.4, 0.5) is 0 Å². The van der Waals surface area contributed by atoms with Crippen molar-refractivity contribution in [3.8, 4) is 16.3 Å². The molecule has 0 amide bonds. The van der Waals surface area contributed by atoms with Crippen molar-refractivity contribution in [2.75, 3.05) is 6.26 Å². The predicted octanol–water partition coefficient (Wildman–Crippen LogP) is 4.92. The zero-order valence-corrected chi connectivity index (χ0v) is 14.2. The summed E-state index contributed by atoms with van der Waals surface area (Å²) in [6.07, 6.45) is 3.20. The molecule has 0 unspecified atom stereocenters. The highest BCUT2D eigenvalue weighted by molar-refractivity contribution is 7.97. The molecule has 0 saturated carbocycles. The molecule has 0 saturated heterocycles. The van der Waals surface area contributed by atoms with Crippen molar-refractivity contribution >= 4 is 39.3 Å². The van der Waals surface area contributed by atoms with E-state index in [0.29, 0.717) is 5.75 Å². The van der Waals surface area contributed by atoms with Crippen molar-refractivity contribution < 1.29 is 9.53 Å². The Morgan fingerprint density at radius 1 is 1.30 bits per heavy atom. The molecule has 0 aliphatic rings. The van der Waals surface area contributed by atoms with Crippen LogP contribution in [-0.2, 0) is 10.5 Å². The van der Waals surface area contributed by atoms with Crippen LogP contribution in [0.1, 0.15) is 5.56 Å². The average Bonchev–Trinajstić information content (AvgIpc) is 3.00. The maximum atomic E-state index is 11.7. The molecule has 0 atom stereocenters. The van der Waals surface area contributed by atoms with Crippen LogP contribution in [-0.4, -0.2) is 17.2 Å². The molecule has 0 aliphatic heterocycles. The molecule has 0 spiro atoms. The van der Waals surface area contributed by atoms with E-state index in [2.05, 4.69) is 11.6 Å². The van der Waals surface area contributed by atoms with Gasteiger partial charge in [-0.15, -0.1) is 11.3 Å². The smallest absolute Gasteiger partial charge is 0.335 e. The van der Waals surface area contributed by atoms with Gasteiger partial charge in [0, 0.05) is 17.4 Å². The normalized spacial score (nSPS) is 10.7. The Labute approximate surface area is 143 Å². The maximum absolute atomic E-state index is 11.7. The molecule has 0 aliphatic carbocycles. The molecule has 116 valence electrons. The van der Waals surface area contributed by atoms with Crippen molar-refractivity contribution in [2.24, 2.45) is 0 Å². The number of para-hydroxylation sites is 2. The lowest BCUT2D eigenvalue weighted by molar-refractivity contribution is -0.128. The molecule has 0 radical (unpaired) electrons. The van der Waals surface area contributed by atoms with E-state index in [9.17, 15) is 4.79 Å². The van der Waals surface area contributed by atoms with Gasteiger partial charge in [0.2, 0.25) is 0 Å². The maximum Gasteiger partial charge on any atom is 0.335 e. The van der Waals surface area contributed by atoms with Gasteiger partial charge in [0.15, 0.2) is 0 Å². The first-order valence-corrected chi connectivity index (χ1v) is 9.25. The third kappa shape index (κ3) is 3.30. The molecule has 23 heavy (non-hydrogen) atoms. The summed E-state index contributed by atoms with van der Waals surface area (Å²) >= 11 is 3.27. The Morgan fingerprint density at radius 3 is 2.87 bits per heavy atom. The second-order valence-corrected chi connectivity index (χ2v) is 6.74. The molecule has 2 aromatic carbocycles. The van der Waals surface area contributed by atoms with Crippen molar-refractivity contribution in [3.05, 3.63) is 60.7 Å². The summed E-state index contributed by atoms with van der Waals surface area (Å²) in [6, 6.07) is 13.9.